The number of hydrogen-bond donors (Lipinski definition) is 2. The number of nitrogens with one attached hydrogen (secondary N) is 1. The summed E-state index contributed by atoms with van der Waals surface area (Å²) in [5, 5.41) is 11.4. The van der Waals surface area contributed by atoms with Crippen molar-refractivity contribution in [2.45, 2.75) is 12.8 Å². The molecule has 0 aromatic carbocycles. The number of rotatable bonds is 2. The normalized spacial score (nSPS) is 15.1. The van der Waals surface area contributed by atoms with Gasteiger partial charge in [-0.2, -0.15) is 0 Å². The van der Waals surface area contributed by atoms with E-state index >= 15 is 0 Å². The monoisotopic (exact) mass is 292 g/mol. The summed E-state index contributed by atoms with van der Waals surface area (Å²) in [6, 6.07) is 3.57. The van der Waals surface area contributed by atoms with E-state index in [0.29, 0.717) is 37.4 Å². The van der Waals surface area contributed by atoms with Crippen LogP contribution in [-0.4, -0.2) is 48.1 Å². The number of hydrogen-bond acceptors (Lipinski definition) is 4. The first-order valence-corrected chi connectivity index (χ1v) is 7.28. The zero-order valence-corrected chi connectivity index (χ0v) is 11.8. The lowest BCUT2D eigenvalue weighted by Crippen LogP contribution is -2.33. The first kappa shape index (κ1) is 14.6. The fraction of sp³-hybridized carbons (Fsp3) is 0.429. The minimum Gasteiger partial charge on any atom is -0.395 e. The van der Waals surface area contributed by atoms with Gasteiger partial charge in [0.25, 0.3) is 5.91 Å². The first-order chi connectivity index (χ1) is 9.70. The number of carbonyl (C=O) groups excluding carboxylic acids is 2. The Balaban J connectivity index is 2.02. The third-order valence-electron chi connectivity index (χ3n) is 2.87. The molecule has 1 aliphatic heterocycles. The van der Waals surface area contributed by atoms with E-state index in [-0.39, 0.29) is 18.4 Å². The van der Waals surface area contributed by atoms with E-state index in [0.717, 1.165) is 4.88 Å². The van der Waals surface area contributed by atoms with Crippen molar-refractivity contribution in [2.75, 3.05) is 26.2 Å². The molecule has 1 aromatic rings. The van der Waals surface area contributed by atoms with Gasteiger partial charge in [0.2, 0.25) is 5.91 Å². The van der Waals surface area contributed by atoms with Crippen LogP contribution in [0.1, 0.15) is 27.4 Å². The van der Waals surface area contributed by atoms with E-state index in [2.05, 4.69) is 17.2 Å². The zero-order chi connectivity index (χ0) is 14.4. The van der Waals surface area contributed by atoms with Gasteiger partial charge in [-0.1, -0.05) is 11.8 Å². The van der Waals surface area contributed by atoms with Gasteiger partial charge in [0.1, 0.15) is 0 Å². The first-order valence-electron chi connectivity index (χ1n) is 6.46. The molecule has 2 amide bonds. The summed E-state index contributed by atoms with van der Waals surface area (Å²) >= 11 is 1.34. The second kappa shape index (κ2) is 7.08. The van der Waals surface area contributed by atoms with Gasteiger partial charge < -0.3 is 15.3 Å². The molecule has 2 N–H and O–H groups in total. The molecule has 5 nitrogen and oxygen atoms in total. The second-order valence-corrected chi connectivity index (χ2v) is 5.42. The van der Waals surface area contributed by atoms with Crippen molar-refractivity contribution in [1.29, 1.82) is 0 Å². The summed E-state index contributed by atoms with van der Waals surface area (Å²) in [6.07, 6.45) is 0.779. The minimum atomic E-state index is -0.0540. The third-order valence-corrected chi connectivity index (χ3v) is 3.85. The minimum absolute atomic E-state index is 0.0120. The predicted octanol–water partition coefficient (Wildman–Crippen LogP) is 0.444. The third kappa shape index (κ3) is 3.83. The SMILES string of the molecule is O=C1CCN(C(=O)c2ccc(C#CCCO)s2)CCN1. The molecule has 0 spiro atoms. The lowest BCUT2D eigenvalue weighted by molar-refractivity contribution is -0.120. The molecule has 0 saturated carbocycles. The quantitative estimate of drug-likeness (QED) is 0.777. The number of aliphatic hydroxyl groups is 1. The Morgan fingerprint density at radius 1 is 1.45 bits per heavy atom. The molecule has 0 radical (unpaired) electrons. The van der Waals surface area contributed by atoms with Crippen LogP contribution in [0, 0.1) is 11.8 Å². The molecule has 0 bridgehead atoms. The van der Waals surface area contributed by atoms with Crippen molar-refractivity contribution in [3.05, 3.63) is 21.9 Å². The molecule has 6 heteroatoms. The highest BCUT2D eigenvalue weighted by Crippen LogP contribution is 2.18. The Labute approximate surface area is 121 Å². The van der Waals surface area contributed by atoms with Gasteiger partial charge >= 0.3 is 0 Å². The molecule has 106 valence electrons. The average Bonchev–Trinajstić information content (AvgIpc) is 2.80. The number of amides is 2. The fourth-order valence-corrected chi connectivity index (χ4v) is 2.70. The molecule has 1 saturated heterocycles. The average molecular weight is 292 g/mol. The molecule has 0 aliphatic carbocycles. The number of thiophene rings is 1. The lowest BCUT2D eigenvalue weighted by Gasteiger charge is -2.18. The van der Waals surface area contributed by atoms with Crippen LogP contribution in [0.5, 0.6) is 0 Å². The Bertz CT molecular complexity index is 556. The Morgan fingerprint density at radius 2 is 2.30 bits per heavy atom. The molecule has 0 atom stereocenters. The highest BCUT2D eigenvalue weighted by molar-refractivity contribution is 7.14. The molecule has 20 heavy (non-hydrogen) atoms. The van der Waals surface area contributed by atoms with Crippen LogP contribution >= 0.6 is 11.3 Å². The summed E-state index contributed by atoms with van der Waals surface area (Å²) in [6.45, 7) is 1.53. The van der Waals surface area contributed by atoms with Gasteiger partial charge in [0.05, 0.1) is 16.4 Å². The largest absolute Gasteiger partial charge is 0.395 e. The summed E-state index contributed by atoms with van der Waals surface area (Å²) < 4.78 is 0. The highest BCUT2D eigenvalue weighted by atomic mass is 32.1. The van der Waals surface area contributed by atoms with Crippen LogP contribution in [0.4, 0.5) is 0 Å². The maximum Gasteiger partial charge on any atom is 0.264 e. The van der Waals surface area contributed by atoms with E-state index in [9.17, 15) is 9.59 Å². The molecule has 0 unspecified atom stereocenters. The standard InChI is InChI=1S/C14H16N2O3S/c17-10-2-1-3-11-4-5-12(20-11)14(19)16-8-6-13(18)15-7-9-16/h4-5,17H,2,6-10H2,(H,15,18). The van der Waals surface area contributed by atoms with Crippen LogP contribution in [0.2, 0.25) is 0 Å². The van der Waals surface area contributed by atoms with E-state index < -0.39 is 0 Å². The van der Waals surface area contributed by atoms with Crippen LogP contribution in [0.25, 0.3) is 0 Å². The van der Waals surface area contributed by atoms with E-state index in [1.807, 2.05) is 6.07 Å². The Kier molecular flexibility index (Phi) is 5.16. The zero-order valence-electron chi connectivity index (χ0n) is 11.0. The Hall–Kier alpha value is -1.84. The van der Waals surface area contributed by atoms with Gasteiger partial charge in [-0.05, 0) is 12.1 Å². The van der Waals surface area contributed by atoms with Crippen molar-refractivity contribution in [3.63, 3.8) is 0 Å². The highest BCUT2D eigenvalue weighted by Gasteiger charge is 2.20. The maximum absolute atomic E-state index is 12.3. The van der Waals surface area contributed by atoms with Crippen molar-refractivity contribution in [3.8, 4) is 11.8 Å². The maximum atomic E-state index is 12.3. The van der Waals surface area contributed by atoms with Gasteiger partial charge in [-0.3, -0.25) is 9.59 Å². The number of carbonyl (C=O) groups is 2. The molecule has 2 heterocycles. The number of aliphatic hydroxyl groups excluding tert-OH is 1. The summed E-state index contributed by atoms with van der Waals surface area (Å²) in [5.74, 6) is 5.68. The predicted molar refractivity (Wildman–Crippen MR) is 76.4 cm³/mol. The van der Waals surface area contributed by atoms with Crippen molar-refractivity contribution in [2.24, 2.45) is 0 Å². The summed E-state index contributed by atoms with van der Waals surface area (Å²) in [7, 11) is 0. The van der Waals surface area contributed by atoms with Crippen LogP contribution in [-0.2, 0) is 4.79 Å². The summed E-state index contributed by atoms with van der Waals surface area (Å²) in [5.41, 5.74) is 0. The summed E-state index contributed by atoms with van der Waals surface area (Å²) in [4.78, 5) is 26.7. The van der Waals surface area contributed by atoms with E-state index in [1.54, 1.807) is 11.0 Å². The van der Waals surface area contributed by atoms with E-state index in [1.165, 1.54) is 11.3 Å². The molecule has 1 fully saturated rings. The van der Waals surface area contributed by atoms with Crippen molar-refractivity contribution >= 4 is 23.2 Å². The van der Waals surface area contributed by atoms with Gasteiger partial charge in [0, 0.05) is 32.5 Å². The van der Waals surface area contributed by atoms with Crippen molar-refractivity contribution in [1.82, 2.24) is 10.2 Å². The fourth-order valence-electron chi connectivity index (χ4n) is 1.85. The molecular formula is C14H16N2O3S. The topological polar surface area (TPSA) is 69.6 Å². The van der Waals surface area contributed by atoms with Crippen LogP contribution in [0.15, 0.2) is 12.1 Å². The van der Waals surface area contributed by atoms with E-state index in [4.69, 9.17) is 5.11 Å². The van der Waals surface area contributed by atoms with Crippen LogP contribution < -0.4 is 5.32 Å². The lowest BCUT2D eigenvalue weighted by atomic mass is 10.3. The van der Waals surface area contributed by atoms with Crippen LogP contribution in [0.3, 0.4) is 0 Å². The number of nitrogens with zero attached hydrogens (tertiary/aromatic N) is 1. The molecule has 2 rings (SSSR count). The van der Waals surface area contributed by atoms with Gasteiger partial charge in [-0.15, -0.1) is 11.3 Å². The second-order valence-electron chi connectivity index (χ2n) is 4.33. The van der Waals surface area contributed by atoms with Crippen molar-refractivity contribution < 1.29 is 14.7 Å². The smallest absolute Gasteiger partial charge is 0.264 e. The molecule has 1 aliphatic rings. The van der Waals surface area contributed by atoms with Gasteiger partial charge in [0.15, 0.2) is 0 Å². The molecular weight excluding hydrogens is 276 g/mol. The molecule has 1 aromatic heterocycles. The van der Waals surface area contributed by atoms with Gasteiger partial charge in [-0.25, -0.2) is 0 Å². The Morgan fingerprint density at radius 3 is 3.10 bits per heavy atom.